The molecular formula is C21H32F3N. The van der Waals surface area contributed by atoms with Crippen molar-refractivity contribution in [1.82, 2.24) is 5.32 Å². The second kappa shape index (κ2) is 9.07. The molecule has 1 N–H and O–H groups in total. The first-order chi connectivity index (χ1) is 11.9. The predicted octanol–water partition coefficient (Wildman–Crippen LogP) is 6.29. The highest BCUT2D eigenvalue weighted by Crippen LogP contribution is 2.35. The van der Waals surface area contributed by atoms with Gasteiger partial charge in [0.05, 0.1) is 5.56 Å². The normalized spacial score (nSPS) is 20.0. The molecule has 1 aliphatic heterocycles. The Morgan fingerprint density at radius 2 is 1.68 bits per heavy atom. The Bertz CT molecular complexity index is 532. The van der Waals surface area contributed by atoms with Crippen molar-refractivity contribution in [3.8, 4) is 0 Å². The zero-order valence-electron chi connectivity index (χ0n) is 15.6. The first kappa shape index (κ1) is 20.3. The van der Waals surface area contributed by atoms with Crippen LogP contribution in [0.4, 0.5) is 13.2 Å². The van der Waals surface area contributed by atoms with Gasteiger partial charge in [-0.2, -0.15) is 13.2 Å². The van der Waals surface area contributed by atoms with Crippen LogP contribution in [-0.2, 0) is 19.0 Å². The lowest BCUT2D eigenvalue weighted by Crippen LogP contribution is -2.15. The number of benzene rings is 1. The summed E-state index contributed by atoms with van der Waals surface area (Å²) in [6.45, 7) is 5.29. The standard InChI is InChI=1S/C21H32F3N/c1-3-5-6-7-8-9-10-18-12-11-17(15-19(18)21(22,23)24)13-14-20(4-2)16-25-20/h11-12,15,25H,3-10,13-14,16H2,1-2H3. The van der Waals surface area contributed by atoms with Gasteiger partial charge in [0.15, 0.2) is 0 Å². The third-order valence-corrected chi connectivity index (χ3v) is 5.53. The highest BCUT2D eigenvalue weighted by atomic mass is 19.4. The van der Waals surface area contributed by atoms with E-state index in [1.165, 1.54) is 25.3 Å². The van der Waals surface area contributed by atoms with E-state index in [2.05, 4.69) is 19.2 Å². The predicted molar refractivity (Wildman–Crippen MR) is 97.9 cm³/mol. The van der Waals surface area contributed by atoms with Gasteiger partial charge in [-0.15, -0.1) is 0 Å². The maximum Gasteiger partial charge on any atom is 0.416 e. The fraction of sp³-hybridized carbons (Fsp3) is 0.714. The van der Waals surface area contributed by atoms with Crippen molar-refractivity contribution < 1.29 is 13.2 Å². The molecule has 1 aliphatic rings. The van der Waals surface area contributed by atoms with Gasteiger partial charge in [-0.05, 0) is 49.3 Å². The van der Waals surface area contributed by atoms with Crippen LogP contribution in [0.25, 0.3) is 0 Å². The Labute approximate surface area is 150 Å². The van der Waals surface area contributed by atoms with Gasteiger partial charge in [0, 0.05) is 12.1 Å². The summed E-state index contributed by atoms with van der Waals surface area (Å²) in [7, 11) is 0. The smallest absolute Gasteiger partial charge is 0.308 e. The monoisotopic (exact) mass is 355 g/mol. The van der Waals surface area contributed by atoms with E-state index in [0.29, 0.717) is 18.4 Å². The minimum Gasteiger partial charge on any atom is -0.308 e. The second-order valence-corrected chi connectivity index (χ2v) is 7.49. The molecule has 4 heteroatoms. The zero-order valence-corrected chi connectivity index (χ0v) is 15.6. The van der Waals surface area contributed by atoms with Gasteiger partial charge in [-0.25, -0.2) is 0 Å². The lowest BCUT2D eigenvalue weighted by Gasteiger charge is -2.16. The van der Waals surface area contributed by atoms with E-state index in [1.54, 1.807) is 6.07 Å². The van der Waals surface area contributed by atoms with Gasteiger partial charge >= 0.3 is 6.18 Å². The number of rotatable bonds is 11. The molecule has 0 aromatic heterocycles. The molecule has 1 aromatic carbocycles. The number of alkyl halides is 3. The Kier molecular flexibility index (Phi) is 7.36. The molecule has 1 heterocycles. The van der Waals surface area contributed by atoms with E-state index in [-0.39, 0.29) is 5.54 Å². The molecule has 2 rings (SSSR count). The lowest BCUT2D eigenvalue weighted by molar-refractivity contribution is -0.138. The molecule has 25 heavy (non-hydrogen) atoms. The molecule has 0 saturated carbocycles. The van der Waals surface area contributed by atoms with E-state index >= 15 is 0 Å². The maximum absolute atomic E-state index is 13.4. The van der Waals surface area contributed by atoms with E-state index in [1.807, 2.05) is 6.07 Å². The number of hydrogen-bond acceptors (Lipinski definition) is 1. The van der Waals surface area contributed by atoms with Gasteiger partial charge in [-0.1, -0.05) is 58.1 Å². The third-order valence-electron chi connectivity index (χ3n) is 5.53. The Balaban J connectivity index is 1.94. The average Bonchev–Trinajstić information content (AvgIpc) is 3.36. The van der Waals surface area contributed by atoms with Crippen LogP contribution in [0.2, 0.25) is 0 Å². The first-order valence-corrected chi connectivity index (χ1v) is 9.84. The minimum absolute atomic E-state index is 0.176. The second-order valence-electron chi connectivity index (χ2n) is 7.49. The summed E-state index contributed by atoms with van der Waals surface area (Å²) in [4.78, 5) is 0. The number of nitrogens with one attached hydrogen (secondary N) is 1. The van der Waals surface area contributed by atoms with Crippen LogP contribution in [0.15, 0.2) is 18.2 Å². The molecule has 0 bridgehead atoms. The van der Waals surface area contributed by atoms with E-state index in [9.17, 15) is 13.2 Å². The molecule has 1 fully saturated rings. The van der Waals surface area contributed by atoms with Crippen molar-refractivity contribution in [1.29, 1.82) is 0 Å². The van der Waals surface area contributed by atoms with Crippen molar-refractivity contribution in [3.05, 3.63) is 34.9 Å². The Hall–Kier alpha value is -1.03. The fourth-order valence-electron chi connectivity index (χ4n) is 3.47. The van der Waals surface area contributed by atoms with Gasteiger partial charge in [-0.3, -0.25) is 0 Å². The quantitative estimate of drug-likeness (QED) is 0.365. The first-order valence-electron chi connectivity index (χ1n) is 9.84. The minimum atomic E-state index is -4.26. The number of aryl methyl sites for hydroxylation is 2. The van der Waals surface area contributed by atoms with E-state index in [0.717, 1.165) is 44.2 Å². The molecule has 1 nitrogen and oxygen atoms in total. The van der Waals surface area contributed by atoms with Crippen LogP contribution in [0.3, 0.4) is 0 Å². The van der Waals surface area contributed by atoms with E-state index < -0.39 is 11.7 Å². The molecule has 1 aromatic rings. The molecular weight excluding hydrogens is 323 g/mol. The van der Waals surface area contributed by atoms with Crippen molar-refractivity contribution in [2.75, 3.05) is 6.54 Å². The summed E-state index contributed by atoms with van der Waals surface area (Å²) >= 11 is 0. The van der Waals surface area contributed by atoms with Crippen LogP contribution in [-0.4, -0.2) is 12.1 Å². The van der Waals surface area contributed by atoms with Crippen LogP contribution in [0.1, 0.15) is 81.9 Å². The van der Waals surface area contributed by atoms with Crippen LogP contribution < -0.4 is 5.32 Å². The Morgan fingerprint density at radius 1 is 1.00 bits per heavy atom. The fourth-order valence-corrected chi connectivity index (χ4v) is 3.47. The van der Waals surface area contributed by atoms with Crippen molar-refractivity contribution >= 4 is 0 Å². The molecule has 0 radical (unpaired) electrons. The number of hydrogen-bond donors (Lipinski definition) is 1. The average molecular weight is 355 g/mol. The highest BCUT2D eigenvalue weighted by Gasteiger charge is 2.39. The highest BCUT2D eigenvalue weighted by molar-refractivity contribution is 5.35. The largest absolute Gasteiger partial charge is 0.416 e. The van der Waals surface area contributed by atoms with Gasteiger partial charge in [0.25, 0.3) is 0 Å². The third kappa shape index (κ3) is 6.32. The Morgan fingerprint density at radius 3 is 2.28 bits per heavy atom. The summed E-state index contributed by atoms with van der Waals surface area (Å²) < 4.78 is 40.3. The number of unbranched alkanes of at least 4 members (excludes halogenated alkanes) is 5. The van der Waals surface area contributed by atoms with Gasteiger partial charge in [0.1, 0.15) is 0 Å². The molecule has 0 amide bonds. The van der Waals surface area contributed by atoms with Crippen molar-refractivity contribution in [3.63, 3.8) is 0 Å². The SMILES string of the molecule is CCCCCCCCc1ccc(CCC2(CC)CN2)cc1C(F)(F)F. The van der Waals surface area contributed by atoms with Crippen LogP contribution in [0.5, 0.6) is 0 Å². The number of halogens is 3. The zero-order chi connectivity index (χ0) is 18.3. The summed E-state index contributed by atoms with van der Waals surface area (Å²) in [6, 6.07) is 4.99. The van der Waals surface area contributed by atoms with Crippen molar-refractivity contribution in [2.45, 2.75) is 89.8 Å². The van der Waals surface area contributed by atoms with E-state index in [4.69, 9.17) is 0 Å². The van der Waals surface area contributed by atoms with Crippen molar-refractivity contribution in [2.24, 2.45) is 0 Å². The summed E-state index contributed by atoms with van der Waals surface area (Å²) in [5.74, 6) is 0. The summed E-state index contributed by atoms with van der Waals surface area (Å²) in [5, 5.41) is 3.35. The molecule has 142 valence electrons. The maximum atomic E-state index is 13.4. The molecule has 1 saturated heterocycles. The van der Waals surface area contributed by atoms with Crippen LogP contribution in [0, 0.1) is 0 Å². The topological polar surface area (TPSA) is 21.9 Å². The summed E-state index contributed by atoms with van der Waals surface area (Å²) in [6.07, 6.45) is 5.52. The lowest BCUT2D eigenvalue weighted by atomic mass is 9.93. The molecule has 1 atom stereocenters. The molecule has 0 spiro atoms. The molecule has 1 unspecified atom stereocenters. The van der Waals surface area contributed by atoms with Crippen LogP contribution >= 0.6 is 0 Å². The molecule has 0 aliphatic carbocycles. The summed E-state index contributed by atoms with van der Waals surface area (Å²) in [5.41, 5.74) is 1.02. The van der Waals surface area contributed by atoms with Gasteiger partial charge < -0.3 is 5.32 Å². The van der Waals surface area contributed by atoms with Gasteiger partial charge in [0.2, 0.25) is 0 Å².